The molecule has 0 aromatic heterocycles. The first kappa shape index (κ1) is 9.46. The van der Waals surface area contributed by atoms with E-state index < -0.39 is 12.3 Å². The molecule has 1 aliphatic rings. The van der Waals surface area contributed by atoms with E-state index in [0.29, 0.717) is 29.7 Å². The number of halogens is 1. The molecule has 1 saturated carbocycles. The summed E-state index contributed by atoms with van der Waals surface area (Å²) in [7, 11) is 1.53. The van der Waals surface area contributed by atoms with Gasteiger partial charge >= 0.3 is 0 Å². The standard InChI is InChI=1S/C11H13FO2/c1-14-9-4-2-3-8(7-12)10(9)11(13)5-6-11/h2-4,13H,5-7H2,1H3. The highest BCUT2D eigenvalue weighted by Gasteiger charge is 2.45. The van der Waals surface area contributed by atoms with Crippen LogP contribution in [0, 0.1) is 0 Å². The van der Waals surface area contributed by atoms with Crippen molar-refractivity contribution < 1.29 is 14.2 Å². The summed E-state index contributed by atoms with van der Waals surface area (Å²) >= 11 is 0. The minimum atomic E-state index is -0.839. The van der Waals surface area contributed by atoms with Gasteiger partial charge in [-0.05, 0) is 24.5 Å². The zero-order valence-electron chi connectivity index (χ0n) is 8.09. The fourth-order valence-corrected chi connectivity index (χ4v) is 1.75. The van der Waals surface area contributed by atoms with Crippen LogP contribution >= 0.6 is 0 Å². The van der Waals surface area contributed by atoms with Gasteiger partial charge in [-0.1, -0.05) is 12.1 Å². The van der Waals surface area contributed by atoms with Gasteiger partial charge in [-0.25, -0.2) is 4.39 Å². The molecule has 2 nitrogen and oxygen atoms in total. The molecule has 0 saturated heterocycles. The molecule has 14 heavy (non-hydrogen) atoms. The Balaban J connectivity index is 2.52. The number of hydrogen-bond acceptors (Lipinski definition) is 2. The third-order valence-electron chi connectivity index (χ3n) is 2.67. The van der Waals surface area contributed by atoms with Crippen LogP contribution in [0.15, 0.2) is 18.2 Å². The van der Waals surface area contributed by atoms with E-state index in [1.807, 2.05) is 0 Å². The number of rotatable bonds is 3. The highest BCUT2D eigenvalue weighted by atomic mass is 19.1. The van der Waals surface area contributed by atoms with Crippen molar-refractivity contribution in [3.8, 4) is 5.75 Å². The van der Waals surface area contributed by atoms with E-state index in [9.17, 15) is 9.50 Å². The molecule has 0 amide bonds. The van der Waals surface area contributed by atoms with Crippen molar-refractivity contribution >= 4 is 0 Å². The van der Waals surface area contributed by atoms with E-state index in [0.717, 1.165) is 0 Å². The van der Waals surface area contributed by atoms with Crippen LogP contribution in [0.5, 0.6) is 5.75 Å². The average Bonchev–Trinajstić information content (AvgIpc) is 2.96. The molecule has 1 aliphatic carbocycles. The van der Waals surface area contributed by atoms with Crippen molar-refractivity contribution in [3.63, 3.8) is 0 Å². The van der Waals surface area contributed by atoms with Gasteiger partial charge in [0.2, 0.25) is 0 Å². The van der Waals surface area contributed by atoms with Crippen molar-refractivity contribution in [3.05, 3.63) is 29.3 Å². The fraction of sp³-hybridized carbons (Fsp3) is 0.455. The maximum atomic E-state index is 12.7. The predicted octanol–water partition coefficient (Wildman–Crippen LogP) is 2.15. The number of aliphatic hydroxyl groups is 1. The molecular weight excluding hydrogens is 183 g/mol. The van der Waals surface area contributed by atoms with Crippen LogP contribution in [0.3, 0.4) is 0 Å². The third-order valence-corrected chi connectivity index (χ3v) is 2.67. The summed E-state index contributed by atoms with van der Waals surface area (Å²) in [4.78, 5) is 0. The van der Waals surface area contributed by atoms with Crippen molar-refractivity contribution in [2.75, 3.05) is 7.11 Å². The van der Waals surface area contributed by atoms with Crippen LogP contribution in [0.1, 0.15) is 24.0 Å². The van der Waals surface area contributed by atoms with E-state index in [4.69, 9.17) is 4.74 Å². The van der Waals surface area contributed by atoms with Crippen molar-refractivity contribution in [2.45, 2.75) is 25.1 Å². The maximum Gasteiger partial charge on any atom is 0.125 e. The van der Waals surface area contributed by atoms with Crippen LogP contribution in [0.4, 0.5) is 4.39 Å². The van der Waals surface area contributed by atoms with Crippen LogP contribution in [-0.2, 0) is 12.3 Å². The number of benzene rings is 1. The van der Waals surface area contributed by atoms with Crippen LogP contribution in [0.2, 0.25) is 0 Å². The van der Waals surface area contributed by atoms with E-state index >= 15 is 0 Å². The van der Waals surface area contributed by atoms with Gasteiger partial charge in [0.15, 0.2) is 0 Å². The monoisotopic (exact) mass is 196 g/mol. The lowest BCUT2D eigenvalue weighted by atomic mass is 10.00. The van der Waals surface area contributed by atoms with E-state index in [2.05, 4.69) is 0 Å². The van der Waals surface area contributed by atoms with Crippen LogP contribution < -0.4 is 4.74 Å². The van der Waals surface area contributed by atoms with Crippen LogP contribution in [-0.4, -0.2) is 12.2 Å². The smallest absolute Gasteiger partial charge is 0.125 e. The molecule has 0 bridgehead atoms. The molecular formula is C11H13FO2. The van der Waals surface area contributed by atoms with Crippen molar-refractivity contribution in [2.24, 2.45) is 0 Å². The fourth-order valence-electron chi connectivity index (χ4n) is 1.75. The topological polar surface area (TPSA) is 29.5 Å². The second-order valence-corrected chi connectivity index (χ2v) is 3.66. The van der Waals surface area contributed by atoms with Gasteiger partial charge in [-0.3, -0.25) is 0 Å². The maximum absolute atomic E-state index is 12.7. The Labute approximate surface area is 82.3 Å². The van der Waals surface area contributed by atoms with Gasteiger partial charge in [0.25, 0.3) is 0 Å². The lowest BCUT2D eigenvalue weighted by Crippen LogP contribution is -2.10. The van der Waals surface area contributed by atoms with Gasteiger partial charge in [0.05, 0.1) is 12.7 Å². The first-order valence-corrected chi connectivity index (χ1v) is 4.66. The van der Waals surface area contributed by atoms with Crippen LogP contribution in [0.25, 0.3) is 0 Å². The Bertz CT molecular complexity index is 323. The molecule has 0 spiro atoms. The number of hydrogen-bond donors (Lipinski definition) is 1. The minimum absolute atomic E-state index is 0.532. The zero-order chi connectivity index (χ0) is 10.2. The average molecular weight is 196 g/mol. The predicted molar refractivity (Wildman–Crippen MR) is 50.9 cm³/mol. The quantitative estimate of drug-likeness (QED) is 0.802. The highest BCUT2D eigenvalue weighted by Crippen LogP contribution is 2.50. The number of alkyl halides is 1. The summed E-state index contributed by atoms with van der Waals surface area (Å²) in [5.74, 6) is 0.583. The molecule has 0 atom stereocenters. The second kappa shape index (κ2) is 3.24. The molecule has 1 N–H and O–H groups in total. The van der Waals surface area contributed by atoms with Gasteiger partial charge in [-0.2, -0.15) is 0 Å². The summed E-state index contributed by atoms with van der Waals surface area (Å²) in [5, 5.41) is 9.98. The van der Waals surface area contributed by atoms with E-state index in [1.54, 1.807) is 18.2 Å². The first-order chi connectivity index (χ1) is 6.71. The van der Waals surface area contributed by atoms with Crippen molar-refractivity contribution in [1.29, 1.82) is 0 Å². The summed E-state index contributed by atoms with van der Waals surface area (Å²) < 4.78 is 17.8. The molecule has 1 aromatic rings. The van der Waals surface area contributed by atoms with E-state index in [-0.39, 0.29) is 0 Å². The molecule has 0 heterocycles. The molecule has 2 rings (SSSR count). The third kappa shape index (κ3) is 1.38. The molecule has 0 aliphatic heterocycles. The Kier molecular flexibility index (Phi) is 2.19. The Morgan fingerprint density at radius 1 is 1.50 bits per heavy atom. The van der Waals surface area contributed by atoms with Gasteiger partial charge in [0.1, 0.15) is 12.4 Å². The largest absolute Gasteiger partial charge is 0.496 e. The Hall–Kier alpha value is -1.09. The molecule has 0 radical (unpaired) electrons. The summed E-state index contributed by atoms with van der Waals surface area (Å²) in [5.41, 5.74) is 0.322. The zero-order valence-corrected chi connectivity index (χ0v) is 8.09. The SMILES string of the molecule is COc1cccc(CF)c1C1(O)CC1. The van der Waals surface area contributed by atoms with Crippen molar-refractivity contribution in [1.82, 2.24) is 0 Å². The number of methoxy groups -OCH3 is 1. The molecule has 0 unspecified atom stereocenters. The van der Waals surface area contributed by atoms with Gasteiger partial charge in [0, 0.05) is 5.56 Å². The molecule has 1 aromatic carbocycles. The molecule has 76 valence electrons. The van der Waals surface area contributed by atoms with Gasteiger partial charge in [-0.15, -0.1) is 0 Å². The molecule has 1 fully saturated rings. The lowest BCUT2D eigenvalue weighted by molar-refractivity contribution is 0.145. The lowest BCUT2D eigenvalue weighted by Gasteiger charge is -2.16. The number of ether oxygens (including phenoxy) is 1. The summed E-state index contributed by atoms with van der Waals surface area (Å²) in [6, 6.07) is 5.18. The second-order valence-electron chi connectivity index (χ2n) is 3.66. The van der Waals surface area contributed by atoms with Gasteiger partial charge < -0.3 is 9.84 Å². The minimum Gasteiger partial charge on any atom is -0.496 e. The Morgan fingerprint density at radius 2 is 2.21 bits per heavy atom. The highest BCUT2D eigenvalue weighted by molar-refractivity contribution is 5.46. The van der Waals surface area contributed by atoms with E-state index in [1.165, 1.54) is 7.11 Å². The molecule has 3 heteroatoms. The first-order valence-electron chi connectivity index (χ1n) is 4.66. The summed E-state index contributed by atoms with van der Waals surface area (Å²) in [6.45, 7) is -0.561. The Morgan fingerprint density at radius 3 is 2.71 bits per heavy atom. The normalized spacial score (nSPS) is 17.9. The summed E-state index contributed by atoms with van der Waals surface area (Å²) in [6.07, 6.45) is 1.39.